The van der Waals surface area contributed by atoms with Gasteiger partial charge in [-0.1, -0.05) is 30.3 Å². The van der Waals surface area contributed by atoms with Crippen LogP contribution >= 0.6 is 35.3 Å². The van der Waals surface area contributed by atoms with E-state index in [4.69, 9.17) is 4.98 Å². The maximum atomic E-state index is 12.3. The topological polar surface area (TPSA) is 57.6 Å². The Balaban J connectivity index is 0.00000280. The first kappa shape index (κ1) is 23.3. The van der Waals surface area contributed by atoms with Crippen LogP contribution in [0, 0.1) is 0 Å². The normalized spacial score (nSPS) is 14.7. The zero-order valence-corrected chi connectivity index (χ0v) is 20.5. The van der Waals surface area contributed by atoms with Gasteiger partial charge in [0.25, 0.3) is 0 Å². The number of guanidine groups is 1. The molecule has 8 heteroatoms. The smallest absolute Gasteiger partial charge is 0.193 e. The Morgan fingerprint density at radius 3 is 2.75 bits per heavy atom. The van der Waals surface area contributed by atoms with Gasteiger partial charge in [0.1, 0.15) is 5.01 Å². The van der Waals surface area contributed by atoms with E-state index in [1.807, 2.05) is 48.7 Å². The van der Waals surface area contributed by atoms with E-state index in [2.05, 4.69) is 15.2 Å². The number of thiazole rings is 1. The highest BCUT2D eigenvalue weighted by Crippen LogP contribution is 2.27. The lowest BCUT2D eigenvalue weighted by Gasteiger charge is -2.21. The fourth-order valence-electron chi connectivity index (χ4n) is 3.24. The largest absolute Gasteiger partial charge is 0.355 e. The molecule has 0 bridgehead atoms. The van der Waals surface area contributed by atoms with Crippen molar-refractivity contribution in [1.82, 2.24) is 15.2 Å². The number of benzene rings is 1. The zero-order valence-electron chi connectivity index (χ0n) is 16.5. The molecule has 0 radical (unpaired) electrons. The lowest BCUT2D eigenvalue weighted by atomic mass is 10.0. The summed E-state index contributed by atoms with van der Waals surface area (Å²) >= 11 is 1.84. The SMILES string of the molecule is CN=C(NCCS(=O)Cc1ccccc1)N(C)Cc1nc2c(s1)CCCC2.I. The molecule has 1 heterocycles. The fraction of sp³-hybridized carbons (Fsp3) is 0.500. The summed E-state index contributed by atoms with van der Waals surface area (Å²) in [6.45, 7) is 1.40. The summed E-state index contributed by atoms with van der Waals surface area (Å²) in [5.74, 6) is 2.02. The van der Waals surface area contributed by atoms with E-state index in [9.17, 15) is 4.21 Å². The molecule has 1 aromatic carbocycles. The molecule has 1 aromatic heterocycles. The third kappa shape index (κ3) is 6.81. The molecule has 3 rings (SSSR count). The number of hydrogen-bond donors (Lipinski definition) is 1. The average Bonchev–Trinajstić information content (AvgIpc) is 3.08. The Hall–Kier alpha value is -1.00. The Morgan fingerprint density at radius 1 is 1.29 bits per heavy atom. The molecular formula is C20H29IN4OS2. The second-order valence-electron chi connectivity index (χ2n) is 6.79. The molecule has 0 saturated carbocycles. The number of fused-ring (bicyclic) bond motifs is 1. The highest BCUT2D eigenvalue weighted by molar-refractivity contribution is 14.0. The van der Waals surface area contributed by atoms with Gasteiger partial charge in [0, 0.05) is 47.8 Å². The number of hydrogen-bond acceptors (Lipinski definition) is 4. The van der Waals surface area contributed by atoms with Crippen LogP contribution in [-0.4, -0.2) is 46.4 Å². The van der Waals surface area contributed by atoms with E-state index in [1.54, 1.807) is 7.05 Å². The van der Waals surface area contributed by atoms with Crippen LogP contribution in [0.25, 0.3) is 0 Å². The van der Waals surface area contributed by atoms with Crippen LogP contribution in [0.15, 0.2) is 35.3 Å². The second-order valence-corrected chi connectivity index (χ2v) is 9.53. The molecule has 0 amide bonds. The van der Waals surface area contributed by atoms with E-state index in [0.717, 1.165) is 29.5 Å². The van der Waals surface area contributed by atoms with Crippen molar-refractivity contribution in [2.75, 3.05) is 26.4 Å². The number of halogens is 1. The maximum Gasteiger partial charge on any atom is 0.193 e. The highest BCUT2D eigenvalue weighted by Gasteiger charge is 2.17. The number of aliphatic imine (C=N–C) groups is 1. The minimum Gasteiger partial charge on any atom is -0.355 e. The van der Waals surface area contributed by atoms with Crippen LogP contribution in [0.2, 0.25) is 0 Å². The molecule has 154 valence electrons. The first-order valence-electron chi connectivity index (χ1n) is 9.44. The Bertz CT molecular complexity index is 771. The van der Waals surface area contributed by atoms with Gasteiger partial charge in [-0.2, -0.15) is 0 Å². The van der Waals surface area contributed by atoms with Crippen molar-refractivity contribution < 1.29 is 4.21 Å². The van der Waals surface area contributed by atoms with Crippen LogP contribution < -0.4 is 5.32 Å². The van der Waals surface area contributed by atoms with Gasteiger partial charge in [-0.15, -0.1) is 35.3 Å². The molecule has 0 spiro atoms. The fourth-order valence-corrected chi connectivity index (χ4v) is 5.49. The van der Waals surface area contributed by atoms with Crippen molar-refractivity contribution in [3.05, 3.63) is 51.5 Å². The summed E-state index contributed by atoms with van der Waals surface area (Å²) in [4.78, 5) is 12.7. The monoisotopic (exact) mass is 532 g/mol. The van der Waals surface area contributed by atoms with Crippen LogP contribution in [0.3, 0.4) is 0 Å². The highest BCUT2D eigenvalue weighted by atomic mass is 127. The summed E-state index contributed by atoms with van der Waals surface area (Å²) in [6.07, 6.45) is 4.84. The second kappa shape index (κ2) is 11.9. The van der Waals surface area contributed by atoms with E-state index in [-0.39, 0.29) is 24.0 Å². The van der Waals surface area contributed by atoms with Crippen molar-refractivity contribution in [2.45, 2.75) is 38.0 Å². The molecular weight excluding hydrogens is 503 g/mol. The molecule has 5 nitrogen and oxygen atoms in total. The minimum absolute atomic E-state index is 0. The van der Waals surface area contributed by atoms with Crippen molar-refractivity contribution in [2.24, 2.45) is 4.99 Å². The van der Waals surface area contributed by atoms with E-state index in [1.165, 1.54) is 29.8 Å². The lowest BCUT2D eigenvalue weighted by molar-refractivity contribution is 0.477. The third-order valence-electron chi connectivity index (χ3n) is 4.62. The molecule has 0 fully saturated rings. The van der Waals surface area contributed by atoms with Gasteiger partial charge in [-0.3, -0.25) is 9.20 Å². The first-order chi connectivity index (χ1) is 13.2. The first-order valence-corrected chi connectivity index (χ1v) is 11.7. The average molecular weight is 533 g/mol. The van der Waals surface area contributed by atoms with Crippen molar-refractivity contribution in [3.8, 4) is 0 Å². The molecule has 1 aliphatic rings. The number of nitrogens with one attached hydrogen (secondary N) is 1. The van der Waals surface area contributed by atoms with Crippen LogP contribution in [0.1, 0.15) is 34.0 Å². The standard InChI is InChI=1S/C20H28N4OS2.HI/c1-21-20(22-12-13-27(25)15-16-8-4-3-5-9-16)24(2)14-19-23-17-10-6-7-11-18(17)26-19;/h3-5,8-9H,6-7,10-15H2,1-2H3,(H,21,22);1H. The number of nitrogens with zero attached hydrogens (tertiary/aromatic N) is 3. The predicted octanol–water partition coefficient (Wildman–Crippen LogP) is 3.60. The molecule has 1 unspecified atom stereocenters. The summed E-state index contributed by atoms with van der Waals surface area (Å²) in [6, 6.07) is 9.99. The van der Waals surface area contributed by atoms with Gasteiger partial charge < -0.3 is 10.2 Å². The zero-order chi connectivity index (χ0) is 19.1. The molecule has 1 aliphatic carbocycles. The quantitative estimate of drug-likeness (QED) is 0.337. The summed E-state index contributed by atoms with van der Waals surface area (Å²) in [5.41, 5.74) is 2.42. The molecule has 2 aromatic rings. The molecule has 0 saturated heterocycles. The van der Waals surface area contributed by atoms with Crippen LogP contribution in [-0.2, 0) is 35.9 Å². The van der Waals surface area contributed by atoms with Crippen molar-refractivity contribution in [1.29, 1.82) is 0 Å². The minimum atomic E-state index is -0.882. The predicted molar refractivity (Wildman–Crippen MR) is 130 cm³/mol. The van der Waals surface area contributed by atoms with Crippen molar-refractivity contribution in [3.63, 3.8) is 0 Å². The maximum absolute atomic E-state index is 12.3. The van der Waals surface area contributed by atoms with Gasteiger partial charge in [-0.25, -0.2) is 4.98 Å². The molecule has 28 heavy (non-hydrogen) atoms. The van der Waals surface area contributed by atoms with Crippen molar-refractivity contribution >= 4 is 52.1 Å². The van der Waals surface area contributed by atoms with E-state index in [0.29, 0.717) is 18.1 Å². The number of aryl methyl sites for hydroxylation is 2. The van der Waals surface area contributed by atoms with Gasteiger partial charge in [0.2, 0.25) is 0 Å². The Labute approximate surface area is 191 Å². The van der Waals surface area contributed by atoms with E-state index >= 15 is 0 Å². The summed E-state index contributed by atoms with van der Waals surface area (Å²) < 4.78 is 12.3. The Morgan fingerprint density at radius 2 is 2.04 bits per heavy atom. The number of aromatic nitrogens is 1. The van der Waals surface area contributed by atoms with Gasteiger partial charge in [-0.05, 0) is 31.2 Å². The van der Waals surface area contributed by atoms with Gasteiger partial charge in [0.05, 0.1) is 12.2 Å². The number of rotatable bonds is 7. The summed E-state index contributed by atoms with van der Waals surface area (Å²) in [7, 11) is 2.93. The van der Waals surface area contributed by atoms with Gasteiger partial charge in [0.15, 0.2) is 5.96 Å². The Kier molecular flexibility index (Phi) is 9.87. The molecule has 1 N–H and O–H groups in total. The van der Waals surface area contributed by atoms with Gasteiger partial charge >= 0.3 is 0 Å². The van der Waals surface area contributed by atoms with Crippen LogP contribution in [0.5, 0.6) is 0 Å². The molecule has 1 atom stereocenters. The van der Waals surface area contributed by atoms with E-state index < -0.39 is 10.8 Å². The van der Waals surface area contributed by atoms with Crippen LogP contribution in [0.4, 0.5) is 0 Å². The third-order valence-corrected chi connectivity index (χ3v) is 7.08. The summed E-state index contributed by atoms with van der Waals surface area (Å²) in [5, 5.41) is 4.48. The molecule has 0 aliphatic heterocycles. The lowest BCUT2D eigenvalue weighted by Crippen LogP contribution is -2.40.